The van der Waals surface area contributed by atoms with Crippen LogP contribution in [0.5, 0.6) is 0 Å². The Morgan fingerprint density at radius 2 is 1.97 bits per heavy atom. The fourth-order valence-electron chi connectivity index (χ4n) is 2.79. The van der Waals surface area contributed by atoms with Crippen LogP contribution in [-0.4, -0.2) is 38.9 Å². The van der Waals surface area contributed by atoms with Crippen LogP contribution in [0.25, 0.3) is 16.8 Å². The van der Waals surface area contributed by atoms with Gasteiger partial charge in [-0.15, -0.1) is 0 Å². The van der Waals surface area contributed by atoms with Crippen LogP contribution in [0.2, 0.25) is 0 Å². The number of pyridine rings is 1. The van der Waals surface area contributed by atoms with Crippen molar-refractivity contribution in [1.29, 1.82) is 0 Å². The molecule has 8 heteroatoms. The lowest BCUT2D eigenvalue weighted by molar-refractivity contribution is 0.0515. The average molecular weight is 396 g/mol. The van der Waals surface area contributed by atoms with Crippen LogP contribution in [0, 0.1) is 0 Å². The lowest BCUT2D eigenvalue weighted by atomic mass is 10.0. The van der Waals surface area contributed by atoms with E-state index in [0.717, 1.165) is 16.7 Å². The molecule has 0 spiro atoms. The minimum atomic E-state index is -0.553. The topological polar surface area (TPSA) is 94.8 Å². The van der Waals surface area contributed by atoms with Gasteiger partial charge in [0.25, 0.3) is 0 Å². The van der Waals surface area contributed by atoms with Crippen LogP contribution in [0.15, 0.2) is 42.9 Å². The van der Waals surface area contributed by atoms with Crippen LogP contribution in [-0.2, 0) is 16.0 Å². The number of nitrogens with one attached hydrogen (secondary N) is 1. The van der Waals surface area contributed by atoms with E-state index in [9.17, 15) is 9.59 Å². The Labute approximate surface area is 168 Å². The van der Waals surface area contributed by atoms with Crippen molar-refractivity contribution in [2.24, 2.45) is 0 Å². The zero-order chi connectivity index (χ0) is 21.0. The summed E-state index contributed by atoms with van der Waals surface area (Å²) < 4.78 is 12.0. The first-order valence-corrected chi connectivity index (χ1v) is 9.33. The first kappa shape index (κ1) is 20.3. The number of esters is 1. The van der Waals surface area contributed by atoms with Crippen molar-refractivity contribution >= 4 is 17.7 Å². The quantitative estimate of drug-likeness (QED) is 0.662. The molecule has 0 aliphatic heterocycles. The number of rotatable bonds is 5. The third-order valence-corrected chi connectivity index (χ3v) is 3.97. The number of ether oxygens (including phenoxy) is 2. The van der Waals surface area contributed by atoms with Gasteiger partial charge in [0.2, 0.25) is 0 Å². The lowest BCUT2D eigenvalue weighted by Gasteiger charge is -2.19. The normalized spacial score (nSPS) is 11.3. The van der Waals surface area contributed by atoms with Crippen molar-refractivity contribution in [3.05, 3.63) is 54.0 Å². The summed E-state index contributed by atoms with van der Waals surface area (Å²) in [5, 5.41) is 6.89. The fourth-order valence-corrected chi connectivity index (χ4v) is 2.79. The molecule has 1 aromatic carbocycles. The molecular weight excluding hydrogens is 372 g/mol. The van der Waals surface area contributed by atoms with Crippen molar-refractivity contribution in [2.45, 2.75) is 39.8 Å². The lowest BCUT2D eigenvalue weighted by Crippen LogP contribution is -2.32. The molecule has 2 aromatic heterocycles. The average Bonchev–Trinajstić information content (AvgIpc) is 3.13. The summed E-state index contributed by atoms with van der Waals surface area (Å²) in [6.07, 6.45) is 2.71. The third-order valence-electron chi connectivity index (χ3n) is 3.97. The molecule has 0 aliphatic rings. The molecule has 3 aromatic rings. The number of alkyl carbamates (subject to hydrolysis) is 1. The number of hydrogen-bond acceptors (Lipinski definition) is 6. The summed E-state index contributed by atoms with van der Waals surface area (Å²) in [6.45, 7) is 7.79. The third kappa shape index (κ3) is 5.10. The highest BCUT2D eigenvalue weighted by atomic mass is 16.6. The van der Waals surface area contributed by atoms with Crippen LogP contribution in [0.4, 0.5) is 4.79 Å². The minimum Gasteiger partial charge on any atom is -0.462 e. The van der Waals surface area contributed by atoms with Gasteiger partial charge in [-0.05, 0) is 51.0 Å². The van der Waals surface area contributed by atoms with Gasteiger partial charge in [0.15, 0.2) is 5.65 Å². The summed E-state index contributed by atoms with van der Waals surface area (Å²) in [4.78, 5) is 28.4. The smallest absolute Gasteiger partial charge is 0.407 e. The summed E-state index contributed by atoms with van der Waals surface area (Å²) in [6, 6.07) is 9.38. The van der Waals surface area contributed by atoms with Crippen molar-refractivity contribution < 1.29 is 19.1 Å². The zero-order valence-electron chi connectivity index (χ0n) is 16.9. The van der Waals surface area contributed by atoms with Gasteiger partial charge in [-0.2, -0.15) is 5.10 Å². The summed E-state index contributed by atoms with van der Waals surface area (Å²) in [5.41, 5.74) is 2.78. The number of carbonyl (C=O) groups excluding carboxylic acids is 2. The SMILES string of the molecule is CCOC(=O)c1cc(-c2cccc(CNC(=O)OC(C)(C)C)c2)cn2ncnc12. The second kappa shape index (κ2) is 8.30. The van der Waals surface area contributed by atoms with Crippen LogP contribution < -0.4 is 5.32 Å². The molecule has 0 saturated heterocycles. The molecule has 1 N–H and O–H groups in total. The Kier molecular flexibility index (Phi) is 5.81. The maximum Gasteiger partial charge on any atom is 0.407 e. The van der Waals surface area contributed by atoms with Crippen molar-refractivity contribution in [3.63, 3.8) is 0 Å². The molecule has 0 saturated carbocycles. The monoisotopic (exact) mass is 396 g/mol. The van der Waals surface area contributed by atoms with Crippen molar-refractivity contribution in [3.8, 4) is 11.1 Å². The molecule has 0 aliphatic carbocycles. The molecule has 3 rings (SSSR count). The number of benzene rings is 1. The number of hydrogen-bond donors (Lipinski definition) is 1. The van der Waals surface area contributed by atoms with Gasteiger partial charge in [-0.3, -0.25) is 0 Å². The number of amides is 1. The van der Waals surface area contributed by atoms with E-state index in [1.54, 1.807) is 23.7 Å². The Morgan fingerprint density at radius 3 is 2.69 bits per heavy atom. The Balaban J connectivity index is 1.86. The molecule has 0 atom stereocenters. The van der Waals surface area contributed by atoms with Gasteiger partial charge in [0, 0.05) is 18.3 Å². The Hall–Kier alpha value is -3.42. The molecule has 0 bridgehead atoms. The second-order valence-corrected chi connectivity index (χ2v) is 7.45. The predicted molar refractivity (Wildman–Crippen MR) is 107 cm³/mol. The van der Waals surface area contributed by atoms with E-state index in [2.05, 4.69) is 15.4 Å². The number of nitrogens with zero attached hydrogens (tertiary/aromatic N) is 3. The fraction of sp³-hybridized carbons (Fsp3) is 0.333. The molecule has 2 heterocycles. The Bertz CT molecular complexity index is 1040. The van der Waals surface area contributed by atoms with Crippen LogP contribution in [0.1, 0.15) is 43.6 Å². The highest BCUT2D eigenvalue weighted by molar-refractivity contribution is 5.97. The summed E-state index contributed by atoms with van der Waals surface area (Å²) in [5.74, 6) is -0.449. The molecule has 1 amide bonds. The van der Waals surface area contributed by atoms with Gasteiger partial charge < -0.3 is 14.8 Å². The maximum atomic E-state index is 12.3. The summed E-state index contributed by atoms with van der Waals surface area (Å²) in [7, 11) is 0. The molecule has 29 heavy (non-hydrogen) atoms. The van der Waals surface area contributed by atoms with E-state index in [-0.39, 0.29) is 6.61 Å². The molecule has 152 valence electrons. The number of carbonyl (C=O) groups is 2. The summed E-state index contributed by atoms with van der Waals surface area (Å²) >= 11 is 0. The standard InChI is InChI=1S/C21H24N4O4/c1-5-28-19(26)17-10-16(12-25-18(17)23-13-24-25)15-8-6-7-14(9-15)11-22-20(27)29-21(2,3)4/h6-10,12-13H,5,11H2,1-4H3,(H,22,27). The van der Waals surface area contributed by atoms with E-state index < -0.39 is 17.7 Å². The van der Waals surface area contributed by atoms with Gasteiger partial charge in [0.1, 0.15) is 17.5 Å². The molecular formula is C21H24N4O4. The van der Waals surface area contributed by atoms with Gasteiger partial charge in [0.05, 0.1) is 6.61 Å². The number of aromatic nitrogens is 3. The van der Waals surface area contributed by atoms with Crippen LogP contribution in [0.3, 0.4) is 0 Å². The van der Waals surface area contributed by atoms with E-state index in [1.165, 1.54) is 6.33 Å². The molecule has 0 radical (unpaired) electrons. The van der Waals surface area contributed by atoms with Gasteiger partial charge in [-0.25, -0.2) is 19.1 Å². The minimum absolute atomic E-state index is 0.273. The Morgan fingerprint density at radius 1 is 1.17 bits per heavy atom. The molecule has 0 fully saturated rings. The van der Waals surface area contributed by atoms with Crippen LogP contribution >= 0.6 is 0 Å². The van der Waals surface area contributed by atoms with Crippen molar-refractivity contribution in [1.82, 2.24) is 19.9 Å². The van der Waals surface area contributed by atoms with Crippen molar-refractivity contribution in [2.75, 3.05) is 6.61 Å². The first-order valence-electron chi connectivity index (χ1n) is 9.33. The molecule has 8 nitrogen and oxygen atoms in total. The van der Waals surface area contributed by atoms with Gasteiger partial charge >= 0.3 is 12.1 Å². The van der Waals surface area contributed by atoms with E-state index in [4.69, 9.17) is 9.47 Å². The highest BCUT2D eigenvalue weighted by Gasteiger charge is 2.17. The van der Waals surface area contributed by atoms with E-state index >= 15 is 0 Å². The van der Waals surface area contributed by atoms with Gasteiger partial charge in [-0.1, -0.05) is 18.2 Å². The van der Waals surface area contributed by atoms with E-state index in [1.807, 2.05) is 45.0 Å². The highest BCUT2D eigenvalue weighted by Crippen LogP contribution is 2.24. The maximum absolute atomic E-state index is 12.3. The first-order chi connectivity index (χ1) is 13.8. The zero-order valence-corrected chi connectivity index (χ0v) is 16.9. The largest absolute Gasteiger partial charge is 0.462 e. The second-order valence-electron chi connectivity index (χ2n) is 7.45. The predicted octanol–water partition coefficient (Wildman–Crippen LogP) is 3.60. The number of fused-ring (bicyclic) bond motifs is 1. The molecule has 0 unspecified atom stereocenters. The van der Waals surface area contributed by atoms with E-state index in [0.29, 0.717) is 17.8 Å².